The van der Waals surface area contributed by atoms with Crippen LogP contribution >= 0.6 is 0 Å². The molecule has 2 aromatic heterocycles. The Labute approximate surface area is 159 Å². The van der Waals surface area contributed by atoms with Gasteiger partial charge in [-0.2, -0.15) is 5.10 Å². The first-order valence-corrected chi connectivity index (χ1v) is 8.40. The maximum Gasteiger partial charge on any atom is 0.309 e. The van der Waals surface area contributed by atoms with E-state index in [-0.39, 0.29) is 11.5 Å². The monoisotopic (exact) mass is 373 g/mol. The summed E-state index contributed by atoms with van der Waals surface area (Å²) in [7, 11) is 0. The van der Waals surface area contributed by atoms with Crippen LogP contribution in [0.4, 0.5) is 0 Å². The predicted molar refractivity (Wildman–Crippen MR) is 100 cm³/mol. The maximum absolute atomic E-state index is 12.5. The zero-order valence-electron chi connectivity index (χ0n) is 14.5. The average molecular weight is 373 g/mol. The van der Waals surface area contributed by atoms with Crippen molar-refractivity contribution in [2.24, 2.45) is 0 Å². The third kappa shape index (κ3) is 3.49. The first-order valence-electron chi connectivity index (χ1n) is 8.40. The number of para-hydroxylation sites is 1. The minimum atomic E-state index is -0.639. The first-order chi connectivity index (χ1) is 13.7. The fourth-order valence-electron chi connectivity index (χ4n) is 2.55. The quantitative estimate of drug-likeness (QED) is 0.471. The number of carbonyl (C=O) groups excluding carboxylic acids is 2. The molecule has 28 heavy (non-hydrogen) atoms. The highest BCUT2D eigenvalue weighted by atomic mass is 16.2. The molecule has 3 N–H and O–H groups in total. The van der Waals surface area contributed by atoms with Gasteiger partial charge >= 0.3 is 5.91 Å². The van der Waals surface area contributed by atoms with Crippen molar-refractivity contribution >= 4 is 11.8 Å². The molecule has 0 saturated heterocycles. The van der Waals surface area contributed by atoms with Crippen LogP contribution in [0.5, 0.6) is 0 Å². The standard InChI is InChI=1S/C19H15N7O2/c27-18(15-11-12-20-22-15)23-24-19(28)16-21-17(13-7-3-1-4-8-13)26(25-16)14-9-5-2-6-10-14/h1-12H,(H,20,22)(H,23,27)(H,24,28). The van der Waals surface area contributed by atoms with Crippen molar-refractivity contribution in [1.82, 2.24) is 35.8 Å². The molecule has 0 aliphatic rings. The number of hydrogen-bond donors (Lipinski definition) is 3. The van der Waals surface area contributed by atoms with E-state index in [0.29, 0.717) is 5.82 Å². The Morgan fingerprint density at radius 3 is 2.21 bits per heavy atom. The minimum Gasteiger partial charge on any atom is -0.273 e. The molecule has 4 aromatic rings. The smallest absolute Gasteiger partial charge is 0.273 e. The van der Waals surface area contributed by atoms with Crippen molar-refractivity contribution < 1.29 is 9.59 Å². The highest BCUT2D eigenvalue weighted by Crippen LogP contribution is 2.20. The summed E-state index contributed by atoms with van der Waals surface area (Å²) < 4.78 is 1.58. The summed E-state index contributed by atoms with van der Waals surface area (Å²) in [6.07, 6.45) is 1.44. The van der Waals surface area contributed by atoms with Crippen molar-refractivity contribution in [3.05, 3.63) is 84.4 Å². The number of benzene rings is 2. The summed E-state index contributed by atoms with van der Waals surface area (Å²) in [5, 5.41) is 10.5. The van der Waals surface area contributed by atoms with Gasteiger partial charge in [0.2, 0.25) is 5.82 Å². The van der Waals surface area contributed by atoms with Gasteiger partial charge in [-0.25, -0.2) is 9.67 Å². The molecule has 4 rings (SSSR count). The molecule has 2 aromatic carbocycles. The van der Waals surface area contributed by atoms with E-state index < -0.39 is 11.8 Å². The molecule has 0 spiro atoms. The van der Waals surface area contributed by atoms with Crippen LogP contribution in [-0.2, 0) is 0 Å². The van der Waals surface area contributed by atoms with E-state index in [1.54, 1.807) is 4.68 Å². The SMILES string of the molecule is O=C(NNC(=O)c1ccn[nH]1)c1nc(-c2ccccc2)n(-c2ccccc2)n1. The third-order valence-corrected chi connectivity index (χ3v) is 3.88. The number of hydrazine groups is 1. The molecule has 0 aliphatic carbocycles. The van der Waals surface area contributed by atoms with E-state index in [1.165, 1.54) is 12.3 Å². The summed E-state index contributed by atoms with van der Waals surface area (Å²) in [6.45, 7) is 0. The van der Waals surface area contributed by atoms with Crippen molar-refractivity contribution in [1.29, 1.82) is 0 Å². The molecule has 0 atom stereocenters. The second kappa shape index (κ2) is 7.54. The number of hydrogen-bond acceptors (Lipinski definition) is 5. The summed E-state index contributed by atoms with van der Waals surface area (Å²) in [5.41, 5.74) is 6.38. The average Bonchev–Trinajstić information content (AvgIpc) is 3.43. The van der Waals surface area contributed by atoms with E-state index >= 15 is 0 Å². The van der Waals surface area contributed by atoms with Gasteiger partial charge < -0.3 is 0 Å². The lowest BCUT2D eigenvalue weighted by Crippen LogP contribution is -2.42. The summed E-state index contributed by atoms with van der Waals surface area (Å²) in [6, 6.07) is 20.3. The zero-order valence-corrected chi connectivity index (χ0v) is 14.5. The van der Waals surface area contributed by atoms with E-state index in [2.05, 4.69) is 31.1 Å². The van der Waals surface area contributed by atoms with Gasteiger partial charge in [0.05, 0.1) is 5.69 Å². The van der Waals surface area contributed by atoms with Crippen LogP contribution in [0, 0.1) is 0 Å². The molecule has 2 heterocycles. The van der Waals surface area contributed by atoms with Gasteiger partial charge in [-0.3, -0.25) is 25.5 Å². The molecular formula is C19H15N7O2. The van der Waals surface area contributed by atoms with Crippen LogP contribution in [0.15, 0.2) is 72.9 Å². The lowest BCUT2D eigenvalue weighted by atomic mass is 10.2. The molecule has 0 fully saturated rings. The molecule has 0 unspecified atom stereocenters. The predicted octanol–water partition coefficient (Wildman–Crippen LogP) is 1.73. The van der Waals surface area contributed by atoms with Crippen molar-refractivity contribution in [2.75, 3.05) is 0 Å². The molecule has 9 heteroatoms. The van der Waals surface area contributed by atoms with Crippen LogP contribution in [0.1, 0.15) is 21.1 Å². The zero-order chi connectivity index (χ0) is 19.3. The van der Waals surface area contributed by atoms with E-state index in [1.807, 2.05) is 60.7 Å². The minimum absolute atomic E-state index is 0.0763. The van der Waals surface area contributed by atoms with E-state index in [0.717, 1.165) is 11.3 Å². The molecule has 0 bridgehead atoms. The van der Waals surface area contributed by atoms with Crippen molar-refractivity contribution in [3.63, 3.8) is 0 Å². The van der Waals surface area contributed by atoms with Crippen LogP contribution in [0.3, 0.4) is 0 Å². The number of rotatable bonds is 4. The highest BCUT2D eigenvalue weighted by Gasteiger charge is 2.19. The molecule has 2 amide bonds. The maximum atomic E-state index is 12.5. The fourth-order valence-corrected chi connectivity index (χ4v) is 2.55. The van der Waals surface area contributed by atoms with Gasteiger partial charge in [0.15, 0.2) is 5.82 Å². The molecular weight excluding hydrogens is 358 g/mol. The van der Waals surface area contributed by atoms with Gasteiger partial charge in [0.25, 0.3) is 5.91 Å². The molecule has 0 radical (unpaired) electrons. The van der Waals surface area contributed by atoms with Crippen molar-refractivity contribution in [2.45, 2.75) is 0 Å². The lowest BCUT2D eigenvalue weighted by Gasteiger charge is -2.05. The Balaban J connectivity index is 1.62. The summed E-state index contributed by atoms with van der Waals surface area (Å²) in [4.78, 5) is 28.7. The van der Waals surface area contributed by atoms with E-state index in [4.69, 9.17) is 0 Å². The Hall–Kier alpha value is -4.27. The largest absolute Gasteiger partial charge is 0.309 e. The Morgan fingerprint density at radius 2 is 1.54 bits per heavy atom. The van der Waals surface area contributed by atoms with Gasteiger partial charge in [0, 0.05) is 11.8 Å². The number of aromatic amines is 1. The third-order valence-electron chi connectivity index (χ3n) is 3.88. The molecule has 138 valence electrons. The van der Waals surface area contributed by atoms with Gasteiger partial charge in [0.1, 0.15) is 5.69 Å². The highest BCUT2D eigenvalue weighted by molar-refractivity contribution is 5.96. The summed E-state index contributed by atoms with van der Waals surface area (Å²) in [5.74, 6) is -0.735. The number of amides is 2. The summed E-state index contributed by atoms with van der Waals surface area (Å²) >= 11 is 0. The van der Waals surface area contributed by atoms with E-state index in [9.17, 15) is 9.59 Å². The van der Waals surface area contributed by atoms with Crippen LogP contribution in [0.25, 0.3) is 17.1 Å². The lowest BCUT2D eigenvalue weighted by molar-refractivity contribution is 0.0838. The second-order valence-electron chi connectivity index (χ2n) is 5.75. The molecule has 9 nitrogen and oxygen atoms in total. The number of nitrogens with zero attached hydrogens (tertiary/aromatic N) is 4. The molecule has 0 aliphatic heterocycles. The van der Waals surface area contributed by atoms with Gasteiger partial charge in [-0.1, -0.05) is 48.5 Å². The normalized spacial score (nSPS) is 10.4. The number of nitrogens with one attached hydrogen (secondary N) is 3. The van der Waals surface area contributed by atoms with Crippen LogP contribution in [0.2, 0.25) is 0 Å². The van der Waals surface area contributed by atoms with Crippen LogP contribution < -0.4 is 10.9 Å². The number of aromatic nitrogens is 5. The topological polar surface area (TPSA) is 118 Å². The fraction of sp³-hybridized carbons (Fsp3) is 0. The Morgan fingerprint density at radius 1 is 0.857 bits per heavy atom. The molecule has 0 saturated carbocycles. The number of carbonyl (C=O) groups is 2. The Bertz CT molecular complexity index is 1030. The van der Waals surface area contributed by atoms with Gasteiger partial charge in [-0.15, -0.1) is 5.10 Å². The van der Waals surface area contributed by atoms with Crippen molar-refractivity contribution in [3.8, 4) is 17.1 Å². The van der Waals surface area contributed by atoms with Gasteiger partial charge in [-0.05, 0) is 18.2 Å². The Kier molecular flexibility index (Phi) is 4.62. The number of H-pyrrole nitrogens is 1. The second-order valence-corrected chi connectivity index (χ2v) is 5.75. The first kappa shape index (κ1) is 17.2. The van der Waals surface area contributed by atoms with Crippen LogP contribution in [-0.4, -0.2) is 36.8 Å².